The molecular weight excluding hydrogens is 437 g/mol. The summed E-state index contributed by atoms with van der Waals surface area (Å²) in [7, 11) is 1.55. The van der Waals surface area contributed by atoms with Gasteiger partial charge in [0, 0.05) is 17.2 Å². The number of ketones is 1. The van der Waals surface area contributed by atoms with Crippen molar-refractivity contribution in [3.05, 3.63) is 69.2 Å². The standard InChI is InChI=1S/C24H23Cl2NO4/c1-31-19-10-6-5-9-16(19)21-20(22(28)14-11-12-17(25)18(26)13-14)23(29)24(30)27(21)15-7-3-2-4-8-15/h5-6,9-13,15,21,28H,2-4,7-8H2,1H3/b22-20+. The zero-order chi connectivity index (χ0) is 22.1. The quantitative estimate of drug-likeness (QED) is 0.358. The molecule has 31 heavy (non-hydrogen) atoms. The van der Waals surface area contributed by atoms with Gasteiger partial charge < -0.3 is 14.7 Å². The van der Waals surface area contributed by atoms with E-state index in [0.29, 0.717) is 21.9 Å². The number of Topliss-reactive ketones (excluding diaryl/α,β-unsaturated/α-hetero) is 1. The van der Waals surface area contributed by atoms with E-state index in [1.807, 2.05) is 18.2 Å². The molecule has 1 heterocycles. The first-order chi connectivity index (χ1) is 14.9. The van der Waals surface area contributed by atoms with Crippen molar-refractivity contribution < 1.29 is 19.4 Å². The van der Waals surface area contributed by atoms with Crippen LogP contribution in [-0.2, 0) is 9.59 Å². The number of ether oxygens (including phenoxy) is 1. The second-order valence-electron chi connectivity index (χ2n) is 7.87. The van der Waals surface area contributed by atoms with Crippen molar-refractivity contribution in [2.45, 2.75) is 44.2 Å². The number of hydrogen-bond donors (Lipinski definition) is 1. The summed E-state index contributed by atoms with van der Waals surface area (Å²) in [6.07, 6.45) is 4.76. The maximum absolute atomic E-state index is 13.2. The molecular formula is C24H23Cl2NO4. The third kappa shape index (κ3) is 3.92. The van der Waals surface area contributed by atoms with E-state index in [1.165, 1.54) is 6.07 Å². The Morgan fingerprint density at radius 1 is 1.03 bits per heavy atom. The Bertz CT molecular complexity index is 1060. The maximum atomic E-state index is 13.2. The number of likely N-dealkylation sites (tertiary alicyclic amines) is 1. The van der Waals surface area contributed by atoms with Crippen LogP contribution in [0.5, 0.6) is 5.75 Å². The minimum atomic E-state index is -0.742. The van der Waals surface area contributed by atoms with Crippen LogP contribution in [0.3, 0.4) is 0 Å². The van der Waals surface area contributed by atoms with Crippen LogP contribution in [-0.4, -0.2) is 34.8 Å². The monoisotopic (exact) mass is 459 g/mol. The Kier molecular flexibility index (Phi) is 6.26. The van der Waals surface area contributed by atoms with Gasteiger partial charge in [0.1, 0.15) is 11.5 Å². The first-order valence-electron chi connectivity index (χ1n) is 10.3. The van der Waals surface area contributed by atoms with Gasteiger partial charge in [-0.2, -0.15) is 0 Å². The first-order valence-corrected chi connectivity index (χ1v) is 11.1. The number of aliphatic hydroxyl groups excluding tert-OH is 1. The SMILES string of the molecule is COc1ccccc1C1/C(=C(\O)c2ccc(Cl)c(Cl)c2)C(=O)C(=O)N1C1CCCCC1. The lowest BCUT2D eigenvalue weighted by molar-refractivity contribution is -0.141. The highest BCUT2D eigenvalue weighted by atomic mass is 35.5. The van der Waals surface area contributed by atoms with Gasteiger partial charge in [-0.25, -0.2) is 0 Å². The molecule has 2 aromatic rings. The largest absolute Gasteiger partial charge is 0.507 e. The van der Waals surface area contributed by atoms with Gasteiger partial charge in [0.15, 0.2) is 0 Å². The van der Waals surface area contributed by atoms with Gasteiger partial charge in [-0.3, -0.25) is 9.59 Å². The third-order valence-corrected chi connectivity index (χ3v) is 6.81. The molecule has 0 bridgehead atoms. The summed E-state index contributed by atoms with van der Waals surface area (Å²) in [6, 6.07) is 11.1. The molecule has 1 saturated carbocycles. The molecule has 1 saturated heterocycles. The summed E-state index contributed by atoms with van der Waals surface area (Å²) < 4.78 is 5.54. The van der Waals surface area contributed by atoms with E-state index in [-0.39, 0.29) is 22.4 Å². The fraction of sp³-hybridized carbons (Fsp3) is 0.333. The van der Waals surface area contributed by atoms with Gasteiger partial charge in [0.05, 0.1) is 28.8 Å². The number of halogens is 2. The highest BCUT2D eigenvalue weighted by Crippen LogP contribution is 2.45. The molecule has 2 aliphatic rings. The third-order valence-electron chi connectivity index (χ3n) is 6.07. The van der Waals surface area contributed by atoms with Gasteiger partial charge in [0.25, 0.3) is 11.7 Å². The lowest BCUT2D eigenvalue weighted by atomic mass is 9.90. The Balaban J connectivity index is 1.92. The van der Waals surface area contributed by atoms with Crippen LogP contribution in [0.4, 0.5) is 0 Å². The number of rotatable bonds is 4. The number of amides is 1. The smallest absolute Gasteiger partial charge is 0.295 e. The summed E-state index contributed by atoms with van der Waals surface area (Å²) in [4.78, 5) is 28.0. The Morgan fingerprint density at radius 3 is 2.42 bits per heavy atom. The summed E-state index contributed by atoms with van der Waals surface area (Å²) in [5.41, 5.74) is 1.03. The van der Waals surface area contributed by atoms with E-state index in [0.717, 1.165) is 32.1 Å². The molecule has 1 aliphatic heterocycles. The van der Waals surface area contributed by atoms with Crippen LogP contribution in [0.1, 0.15) is 49.3 Å². The van der Waals surface area contributed by atoms with Gasteiger partial charge in [0.2, 0.25) is 0 Å². The number of aliphatic hydroxyl groups is 1. The number of hydrogen-bond acceptors (Lipinski definition) is 4. The number of carbonyl (C=O) groups is 2. The lowest BCUT2D eigenvalue weighted by Crippen LogP contribution is -2.40. The van der Waals surface area contributed by atoms with Crippen molar-refractivity contribution >= 4 is 40.7 Å². The van der Waals surface area contributed by atoms with Crippen LogP contribution >= 0.6 is 23.2 Å². The number of nitrogens with zero attached hydrogens (tertiary/aromatic N) is 1. The van der Waals surface area contributed by atoms with E-state index in [1.54, 1.807) is 30.2 Å². The second kappa shape index (κ2) is 8.93. The highest BCUT2D eigenvalue weighted by Gasteiger charge is 2.49. The van der Waals surface area contributed by atoms with Crippen LogP contribution in [0.15, 0.2) is 48.0 Å². The average Bonchev–Trinajstić information content (AvgIpc) is 3.06. The van der Waals surface area contributed by atoms with Crippen molar-refractivity contribution in [3.8, 4) is 5.75 Å². The molecule has 162 valence electrons. The first kappa shape index (κ1) is 21.7. The van der Waals surface area contributed by atoms with Gasteiger partial charge in [-0.15, -0.1) is 0 Å². The van der Waals surface area contributed by atoms with Gasteiger partial charge >= 0.3 is 0 Å². The van der Waals surface area contributed by atoms with E-state index in [4.69, 9.17) is 27.9 Å². The second-order valence-corrected chi connectivity index (χ2v) is 8.68. The Morgan fingerprint density at radius 2 is 1.74 bits per heavy atom. The molecule has 2 fully saturated rings. The maximum Gasteiger partial charge on any atom is 0.295 e. The van der Waals surface area contributed by atoms with Crippen LogP contribution < -0.4 is 4.74 Å². The molecule has 5 nitrogen and oxygen atoms in total. The molecule has 1 unspecified atom stereocenters. The minimum absolute atomic E-state index is 0.0402. The molecule has 1 amide bonds. The average molecular weight is 460 g/mol. The molecule has 7 heteroatoms. The number of methoxy groups -OCH3 is 1. The molecule has 4 rings (SSSR count). The minimum Gasteiger partial charge on any atom is -0.507 e. The molecule has 1 N–H and O–H groups in total. The zero-order valence-corrected chi connectivity index (χ0v) is 18.6. The van der Waals surface area contributed by atoms with Crippen molar-refractivity contribution in [3.63, 3.8) is 0 Å². The fourth-order valence-corrected chi connectivity index (χ4v) is 4.88. The van der Waals surface area contributed by atoms with Crippen molar-refractivity contribution in [2.75, 3.05) is 7.11 Å². The summed E-state index contributed by atoms with van der Waals surface area (Å²) in [6.45, 7) is 0. The van der Waals surface area contributed by atoms with E-state index in [9.17, 15) is 14.7 Å². The molecule has 0 aromatic heterocycles. The normalized spacial score (nSPS) is 21.5. The van der Waals surface area contributed by atoms with Gasteiger partial charge in [-0.05, 0) is 37.1 Å². The summed E-state index contributed by atoms with van der Waals surface area (Å²) >= 11 is 12.1. The van der Waals surface area contributed by atoms with Gasteiger partial charge in [-0.1, -0.05) is 60.7 Å². The highest BCUT2D eigenvalue weighted by molar-refractivity contribution is 6.47. The summed E-state index contributed by atoms with van der Waals surface area (Å²) in [5, 5.41) is 11.8. The number of carbonyl (C=O) groups excluding carboxylic acids is 2. The molecule has 2 aromatic carbocycles. The van der Waals surface area contributed by atoms with Crippen molar-refractivity contribution in [1.82, 2.24) is 4.90 Å². The predicted molar refractivity (Wildman–Crippen MR) is 120 cm³/mol. The van der Waals surface area contributed by atoms with Crippen molar-refractivity contribution in [1.29, 1.82) is 0 Å². The fourth-order valence-electron chi connectivity index (χ4n) is 4.58. The van der Waals surface area contributed by atoms with Crippen LogP contribution in [0.25, 0.3) is 5.76 Å². The summed E-state index contributed by atoms with van der Waals surface area (Å²) in [5.74, 6) is -1.02. The molecule has 1 atom stereocenters. The number of para-hydroxylation sites is 1. The van der Waals surface area contributed by atoms with Crippen molar-refractivity contribution in [2.24, 2.45) is 0 Å². The van der Waals surface area contributed by atoms with Crippen LogP contribution in [0.2, 0.25) is 10.0 Å². The van der Waals surface area contributed by atoms with Crippen LogP contribution in [0, 0.1) is 0 Å². The van der Waals surface area contributed by atoms with E-state index in [2.05, 4.69) is 0 Å². The molecule has 0 spiro atoms. The molecule has 1 aliphatic carbocycles. The number of benzene rings is 2. The van der Waals surface area contributed by atoms with E-state index >= 15 is 0 Å². The lowest BCUT2D eigenvalue weighted by Gasteiger charge is -2.35. The zero-order valence-electron chi connectivity index (χ0n) is 17.1. The predicted octanol–water partition coefficient (Wildman–Crippen LogP) is 5.76. The topological polar surface area (TPSA) is 66.8 Å². The Labute approximate surface area is 191 Å². The molecule has 0 radical (unpaired) electrons. The Hall–Kier alpha value is -2.50. The van der Waals surface area contributed by atoms with E-state index < -0.39 is 17.7 Å².